The fraction of sp³-hybridized carbons (Fsp3) is 0.217. The van der Waals surface area contributed by atoms with Crippen LogP contribution < -0.4 is 10.2 Å². The van der Waals surface area contributed by atoms with Crippen LogP contribution in [0.1, 0.15) is 40.3 Å². The molecule has 0 amide bonds. The molecule has 0 spiro atoms. The molecule has 1 saturated heterocycles. The van der Waals surface area contributed by atoms with E-state index in [9.17, 15) is 0 Å². The first-order chi connectivity index (χ1) is 15.5. The molecule has 162 valence electrons. The summed E-state index contributed by atoms with van der Waals surface area (Å²) in [5.41, 5.74) is 6.49. The molecular formula is C23H22BrN7S. The first-order valence-corrected chi connectivity index (χ1v) is 11.5. The summed E-state index contributed by atoms with van der Waals surface area (Å²) >= 11 is 9.47. The largest absolute Gasteiger partial charge is 0.351 e. The zero-order valence-electron chi connectivity index (χ0n) is 17.9. The highest BCUT2D eigenvalue weighted by atomic mass is 79.9. The van der Waals surface area contributed by atoms with Gasteiger partial charge in [-0.3, -0.25) is 9.66 Å². The number of aryl methyl sites for hydroxylation is 2. The summed E-state index contributed by atoms with van der Waals surface area (Å²) in [5, 5.41) is 12.2. The molecule has 1 aliphatic heterocycles. The molecule has 4 heterocycles. The summed E-state index contributed by atoms with van der Waals surface area (Å²) in [6, 6.07) is 14.3. The lowest BCUT2D eigenvalue weighted by Crippen LogP contribution is -2.29. The Balaban J connectivity index is 1.69. The second-order valence-corrected chi connectivity index (χ2v) is 9.15. The second kappa shape index (κ2) is 8.14. The van der Waals surface area contributed by atoms with Crippen LogP contribution in [0.2, 0.25) is 0 Å². The van der Waals surface area contributed by atoms with E-state index in [1.54, 1.807) is 12.7 Å². The molecule has 0 aliphatic carbocycles. The van der Waals surface area contributed by atoms with Gasteiger partial charge in [0.25, 0.3) is 0 Å². The van der Waals surface area contributed by atoms with Gasteiger partial charge in [-0.25, -0.2) is 4.68 Å². The Kier molecular flexibility index (Phi) is 5.30. The van der Waals surface area contributed by atoms with Gasteiger partial charge in [-0.15, -0.1) is 10.2 Å². The number of hydrogen-bond acceptors (Lipinski definition) is 4. The van der Waals surface area contributed by atoms with Crippen LogP contribution in [0.4, 0.5) is 5.69 Å². The van der Waals surface area contributed by atoms with Gasteiger partial charge in [-0.05, 0) is 75.0 Å². The molecule has 5 rings (SSSR count). The van der Waals surface area contributed by atoms with Crippen LogP contribution in [0.25, 0.3) is 0 Å². The van der Waals surface area contributed by atoms with Gasteiger partial charge in [0.1, 0.15) is 12.7 Å². The van der Waals surface area contributed by atoms with Gasteiger partial charge >= 0.3 is 0 Å². The molecule has 4 aromatic rings. The average molecular weight is 508 g/mol. The maximum absolute atomic E-state index is 5.86. The Labute approximate surface area is 200 Å². The highest BCUT2D eigenvalue weighted by molar-refractivity contribution is 9.10. The minimum absolute atomic E-state index is 0.0746. The molecule has 1 N–H and O–H groups in total. The minimum atomic E-state index is -0.0949. The Hall–Kier alpha value is -3.04. The second-order valence-electron chi connectivity index (χ2n) is 7.91. The van der Waals surface area contributed by atoms with E-state index in [0.29, 0.717) is 5.11 Å². The molecule has 32 heavy (non-hydrogen) atoms. The van der Waals surface area contributed by atoms with Crippen molar-refractivity contribution >= 4 is 38.9 Å². The molecule has 1 aliphatic rings. The normalized spacial score (nSPS) is 18.2. The predicted molar refractivity (Wildman–Crippen MR) is 132 cm³/mol. The lowest BCUT2D eigenvalue weighted by atomic mass is 9.96. The number of nitrogens with zero attached hydrogens (tertiary/aromatic N) is 6. The van der Waals surface area contributed by atoms with E-state index in [4.69, 9.17) is 12.2 Å². The summed E-state index contributed by atoms with van der Waals surface area (Å²) in [4.78, 5) is 6.85. The molecule has 0 radical (unpaired) electrons. The summed E-state index contributed by atoms with van der Waals surface area (Å²) in [5.74, 6) is 0. The lowest BCUT2D eigenvalue weighted by molar-refractivity contribution is 0.557. The molecule has 3 aromatic heterocycles. The van der Waals surface area contributed by atoms with Gasteiger partial charge in [0, 0.05) is 33.3 Å². The molecule has 9 heteroatoms. The van der Waals surface area contributed by atoms with Crippen molar-refractivity contribution in [3.05, 3.63) is 94.0 Å². The van der Waals surface area contributed by atoms with E-state index in [2.05, 4.69) is 91.0 Å². The first-order valence-electron chi connectivity index (χ1n) is 10.3. The topological polar surface area (TPSA) is 63.8 Å². The molecule has 0 saturated carbocycles. The van der Waals surface area contributed by atoms with Crippen molar-refractivity contribution in [2.24, 2.45) is 0 Å². The van der Waals surface area contributed by atoms with Crippen LogP contribution in [-0.2, 0) is 0 Å². The van der Waals surface area contributed by atoms with Gasteiger partial charge in [-0.2, -0.15) is 0 Å². The van der Waals surface area contributed by atoms with Crippen molar-refractivity contribution < 1.29 is 0 Å². The Morgan fingerprint density at radius 2 is 1.81 bits per heavy atom. The number of thiocarbonyl (C=S) groups is 1. The molecule has 0 bridgehead atoms. The highest BCUT2D eigenvalue weighted by Gasteiger charge is 2.42. The minimum Gasteiger partial charge on any atom is -0.351 e. The van der Waals surface area contributed by atoms with Crippen LogP contribution in [0.5, 0.6) is 0 Å². The summed E-state index contributed by atoms with van der Waals surface area (Å²) < 4.78 is 5.07. The quantitative estimate of drug-likeness (QED) is 0.405. The Morgan fingerprint density at radius 3 is 2.50 bits per heavy atom. The average Bonchev–Trinajstić information content (AvgIpc) is 3.49. The number of rotatable bonds is 4. The number of aromatic nitrogens is 5. The van der Waals surface area contributed by atoms with Crippen molar-refractivity contribution in [1.29, 1.82) is 0 Å². The standard InChI is InChI=1S/C23H22BrN7S/c1-14-10-17(7-8-19(14)24)30-22(21(28-23(30)32)20-6-4-5-9-25-20)18-11-15(2)31(16(18)3)29-12-26-27-13-29/h4-13,21-22H,1-3H3,(H,28,32)/t21-,22-/m0/s1. The third-order valence-corrected chi connectivity index (χ3v) is 7.11. The molecule has 0 unspecified atom stereocenters. The van der Waals surface area contributed by atoms with Gasteiger partial charge in [-0.1, -0.05) is 22.0 Å². The van der Waals surface area contributed by atoms with Gasteiger partial charge in [0.2, 0.25) is 0 Å². The third-order valence-electron chi connectivity index (χ3n) is 5.91. The van der Waals surface area contributed by atoms with E-state index in [1.807, 2.05) is 29.1 Å². The molecular weight excluding hydrogens is 486 g/mol. The van der Waals surface area contributed by atoms with Crippen molar-refractivity contribution in [2.45, 2.75) is 32.9 Å². The zero-order valence-corrected chi connectivity index (χ0v) is 20.3. The maximum atomic E-state index is 5.86. The van der Waals surface area contributed by atoms with Crippen LogP contribution >= 0.6 is 28.1 Å². The summed E-state index contributed by atoms with van der Waals surface area (Å²) in [6.07, 6.45) is 5.23. The Bertz CT molecular complexity index is 1280. The van der Waals surface area contributed by atoms with Gasteiger partial charge in [0.05, 0.1) is 17.8 Å². The third kappa shape index (κ3) is 3.41. The van der Waals surface area contributed by atoms with Crippen molar-refractivity contribution in [3.63, 3.8) is 0 Å². The maximum Gasteiger partial charge on any atom is 0.174 e. The smallest absolute Gasteiger partial charge is 0.174 e. The number of pyridine rings is 1. The van der Waals surface area contributed by atoms with E-state index in [-0.39, 0.29) is 12.1 Å². The van der Waals surface area contributed by atoms with Gasteiger partial charge < -0.3 is 10.2 Å². The fourth-order valence-electron chi connectivity index (χ4n) is 4.46. The van der Waals surface area contributed by atoms with E-state index < -0.39 is 0 Å². The summed E-state index contributed by atoms with van der Waals surface area (Å²) in [7, 11) is 0. The number of hydrogen-bond donors (Lipinski definition) is 1. The van der Waals surface area contributed by atoms with Crippen molar-refractivity contribution in [3.8, 4) is 0 Å². The first kappa shape index (κ1) is 20.8. The van der Waals surface area contributed by atoms with Crippen LogP contribution in [0, 0.1) is 20.8 Å². The molecule has 2 atom stereocenters. The van der Waals surface area contributed by atoms with Crippen molar-refractivity contribution in [2.75, 3.05) is 4.90 Å². The monoisotopic (exact) mass is 507 g/mol. The van der Waals surface area contributed by atoms with E-state index in [1.165, 1.54) is 5.56 Å². The van der Waals surface area contributed by atoms with Crippen molar-refractivity contribution in [1.82, 2.24) is 29.9 Å². The van der Waals surface area contributed by atoms with Crippen LogP contribution in [0.3, 0.4) is 0 Å². The molecule has 1 aromatic carbocycles. The summed E-state index contributed by atoms with van der Waals surface area (Å²) in [6.45, 7) is 6.29. The van der Waals surface area contributed by atoms with Crippen LogP contribution in [-0.4, -0.2) is 29.6 Å². The lowest BCUT2D eigenvalue weighted by Gasteiger charge is -2.28. The van der Waals surface area contributed by atoms with Gasteiger partial charge in [0.15, 0.2) is 5.11 Å². The number of halogens is 1. The Morgan fingerprint density at radius 1 is 1.03 bits per heavy atom. The zero-order chi connectivity index (χ0) is 22.4. The SMILES string of the molecule is Cc1cc(N2C(=S)N[C@@H](c3ccccn3)[C@@H]2c2cc(C)n(-n3cnnc3)c2C)ccc1Br. The van der Waals surface area contributed by atoms with E-state index in [0.717, 1.165) is 32.8 Å². The fourth-order valence-corrected chi connectivity index (χ4v) is 5.05. The number of nitrogens with one attached hydrogen (secondary N) is 1. The predicted octanol–water partition coefficient (Wildman–Crippen LogP) is 4.65. The number of anilines is 1. The molecule has 1 fully saturated rings. The highest BCUT2D eigenvalue weighted by Crippen LogP contribution is 2.43. The van der Waals surface area contributed by atoms with Crippen LogP contribution in [0.15, 0.2) is 65.8 Å². The molecule has 7 nitrogen and oxygen atoms in total. The van der Waals surface area contributed by atoms with E-state index >= 15 is 0 Å². The number of benzene rings is 1.